The number of rotatable bonds is 6. The van der Waals surface area contributed by atoms with E-state index in [1.54, 1.807) is 0 Å². The van der Waals surface area contributed by atoms with Crippen molar-refractivity contribution in [1.82, 2.24) is 4.57 Å². The van der Waals surface area contributed by atoms with Gasteiger partial charge in [-0.3, -0.25) is 0 Å². The summed E-state index contributed by atoms with van der Waals surface area (Å²) in [6.45, 7) is 4.33. The Kier molecular flexibility index (Phi) is 7.21. The number of carbonyl (C=O) groups is 1. The van der Waals surface area contributed by atoms with Crippen LogP contribution in [0, 0.1) is 18.7 Å². The molecule has 0 atom stereocenters. The highest BCUT2D eigenvalue weighted by Crippen LogP contribution is 2.34. The largest absolute Gasteiger partial charge is 0.437 e. The zero-order valence-electron chi connectivity index (χ0n) is 19.2. The van der Waals surface area contributed by atoms with Crippen molar-refractivity contribution < 1.29 is 35.6 Å². The monoisotopic (exact) mass is 510 g/mol. The number of hydrogen-bond donors (Lipinski definition) is 0. The van der Waals surface area contributed by atoms with E-state index in [-0.39, 0.29) is 21.8 Å². The molecule has 0 N–H and O–H groups in total. The smallest absolute Gasteiger partial charge is 0.317 e. The van der Waals surface area contributed by atoms with Gasteiger partial charge in [0, 0.05) is 23.2 Å². The van der Waals surface area contributed by atoms with E-state index in [4.69, 9.17) is 0 Å². The Morgan fingerprint density at radius 2 is 1.60 bits per heavy atom. The first kappa shape index (κ1) is 26.1. The molecule has 11 heteroatoms. The van der Waals surface area contributed by atoms with Crippen molar-refractivity contribution in [3.8, 4) is 16.9 Å². The normalized spacial score (nSPS) is 12.8. The van der Waals surface area contributed by atoms with Crippen LogP contribution in [0.2, 0.25) is 0 Å². The Morgan fingerprint density at radius 3 is 2.09 bits per heavy atom. The maximum atomic E-state index is 14.0. The molecule has 0 aliphatic heterocycles. The Bertz CT molecular complexity index is 1370. The molecular formula is C24H22F4N2O4S. The second kappa shape index (κ2) is 9.65. The van der Waals surface area contributed by atoms with Crippen molar-refractivity contribution >= 4 is 21.5 Å². The van der Waals surface area contributed by atoms with Crippen molar-refractivity contribution in [3.63, 3.8) is 0 Å². The molecule has 1 aromatic heterocycles. The summed E-state index contributed by atoms with van der Waals surface area (Å²) in [6.07, 6.45) is -3.93. The number of benzene rings is 2. The third-order valence-electron chi connectivity index (χ3n) is 5.13. The molecule has 0 radical (unpaired) electrons. The zero-order chi connectivity index (χ0) is 26.1. The maximum Gasteiger partial charge on any atom is 0.437 e. The third kappa shape index (κ3) is 5.79. The first-order valence-electron chi connectivity index (χ1n) is 10.4. The quantitative estimate of drug-likeness (QED) is 0.191. The summed E-state index contributed by atoms with van der Waals surface area (Å²) in [5.74, 6) is -2.16. The summed E-state index contributed by atoms with van der Waals surface area (Å²) in [5.41, 5.74) is -0.666. The van der Waals surface area contributed by atoms with E-state index in [0.717, 1.165) is 18.4 Å². The Balaban J connectivity index is 2.26. The van der Waals surface area contributed by atoms with Crippen molar-refractivity contribution in [2.24, 2.45) is 11.1 Å². The Hall–Kier alpha value is -3.47. The summed E-state index contributed by atoms with van der Waals surface area (Å²) in [4.78, 5) is 16.3. The standard InChI is InChI=1S/C24H22F4N2O4S/c1-14(2)23(31)34-29-22(24(26,27)28)20-13-21(16-5-11-19(12-6-16)35(4,32)33)30(15(20)3)18-9-7-17(25)8-10-18/h5-14H,1-4H3/b29-22-. The van der Waals surface area contributed by atoms with Crippen LogP contribution in [0.4, 0.5) is 17.6 Å². The number of alkyl halides is 3. The minimum absolute atomic E-state index is 0.0382. The van der Waals surface area contributed by atoms with Crippen LogP contribution in [0.25, 0.3) is 16.9 Å². The number of oxime groups is 1. The molecule has 3 aromatic rings. The average Bonchev–Trinajstić information content (AvgIpc) is 3.09. The minimum Gasteiger partial charge on any atom is -0.317 e. The number of nitrogens with zero attached hydrogens (tertiary/aromatic N) is 2. The lowest BCUT2D eigenvalue weighted by atomic mass is 10.1. The lowest BCUT2D eigenvalue weighted by Gasteiger charge is -2.14. The first-order valence-corrected chi connectivity index (χ1v) is 12.2. The molecule has 0 aliphatic carbocycles. The van der Waals surface area contributed by atoms with Crippen molar-refractivity contribution in [2.75, 3.05) is 6.26 Å². The maximum absolute atomic E-state index is 14.0. The van der Waals surface area contributed by atoms with Gasteiger partial charge in [0.15, 0.2) is 15.5 Å². The predicted octanol–water partition coefficient (Wildman–Crippen LogP) is 5.46. The van der Waals surface area contributed by atoms with Gasteiger partial charge in [0.1, 0.15) is 5.82 Å². The van der Waals surface area contributed by atoms with E-state index in [2.05, 4.69) is 9.99 Å². The van der Waals surface area contributed by atoms with Crippen LogP contribution in [0.15, 0.2) is 64.6 Å². The minimum atomic E-state index is -4.96. The van der Waals surface area contributed by atoms with Crippen molar-refractivity contribution in [3.05, 3.63) is 71.7 Å². The highest BCUT2D eigenvalue weighted by atomic mass is 32.2. The van der Waals surface area contributed by atoms with Gasteiger partial charge in [-0.2, -0.15) is 13.2 Å². The lowest BCUT2D eigenvalue weighted by molar-refractivity contribution is -0.147. The summed E-state index contributed by atoms with van der Waals surface area (Å²) in [6, 6.07) is 11.9. The molecule has 186 valence electrons. The third-order valence-corrected chi connectivity index (χ3v) is 6.26. The van der Waals surface area contributed by atoms with E-state index in [9.17, 15) is 30.8 Å². The van der Waals surface area contributed by atoms with Gasteiger partial charge in [-0.05, 0) is 55.0 Å². The fourth-order valence-corrected chi connectivity index (χ4v) is 3.93. The van der Waals surface area contributed by atoms with Gasteiger partial charge < -0.3 is 9.40 Å². The molecule has 3 rings (SSSR count). The fourth-order valence-electron chi connectivity index (χ4n) is 3.30. The van der Waals surface area contributed by atoms with E-state index in [1.807, 2.05) is 0 Å². The van der Waals surface area contributed by atoms with Gasteiger partial charge in [-0.15, -0.1) is 0 Å². The van der Waals surface area contributed by atoms with Crippen LogP contribution < -0.4 is 0 Å². The molecule has 0 amide bonds. The molecule has 0 saturated heterocycles. The topological polar surface area (TPSA) is 77.7 Å². The average molecular weight is 511 g/mol. The zero-order valence-corrected chi connectivity index (χ0v) is 20.0. The van der Waals surface area contributed by atoms with Gasteiger partial charge in [0.2, 0.25) is 0 Å². The lowest BCUT2D eigenvalue weighted by Crippen LogP contribution is -2.26. The van der Waals surface area contributed by atoms with Crippen LogP contribution in [0.3, 0.4) is 0 Å². The number of hydrogen-bond acceptors (Lipinski definition) is 5. The second-order valence-electron chi connectivity index (χ2n) is 8.14. The van der Waals surface area contributed by atoms with E-state index in [1.165, 1.54) is 67.8 Å². The van der Waals surface area contributed by atoms with Crippen LogP contribution in [-0.2, 0) is 19.5 Å². The Labute approximate surface area is 199 Å². The van der Waals surface area contributed by atoms with E-state index < -0.39 is 39.4 Å². The van der Waals surface area contributed by atoms with Gasteiger partial charge in [0.25, 0.3) is 0 Å². The van der Waals surface area contributed by atoms with Gasteiger partial charge in [-0.1, -0.05) is 31.1 Å². The van der Waals surface area contributed by atoms with Crippen LogP contribution in [-0.4, -0.2) is 37.1 Å². The Morgan fingerprint density at radius 1 is 1.03 bits per heavy atom. The molecular weight excluding hydrogens is 488 g/mol. The number of halogens is 4. The molecule has 0 saturated carbocycles. The number of aromatic nitrogens is 1. The molecule has 2 aromatic carbocycles. The highest BCUT2D eigenvalue weighted by Gasteiger charge is 2.40. The first-order chi connectivity index (χ1) is 16.2. The van der Waals surface area contributed by atoms with Crippen molar-refractivity contribution in [1.29, 1.82) is 0 Å². The van der Waals surface area contributed by atoms with Gasteiger partial charge >= 0.3 is 12.1 Å². The SMILES string of the molecule is Cc1c(/C(=N/OC(=O)C(C)C)C(F)(F)F)cc(-c2ccc(S(C)(=O)=O)cc2)n1-c1ccc(F)cc1. The predicted molar refractivity (Wildman–Crippen MR) is 123 cm³/mol. The summed E-state index contributed by atoms with van der Waals surface area (Å²) in [5, 5.41) is 3.14. The molecule has 0 fully saturated rings. The molecule has 1 heterocycles. The second-order valence-corrected chi connectivity index (χ2v) is 10.2. The molecule has 35 heavy (non-hydrogen) atoms. The number of carbonyl (C=O) groups excluding carboxylic acids is 1. The molecule has 0 unspecified atom stereocenters. The van der Waals surface area contributed by atoms with Gasteiger partial charge in [-0.25, -0.2) is 17.6 Å². The van der Waals surface area contributed by atoms with E-state index >= 15 is 0 Å². The van der Waals surface area contributed by atoms with Crippen LogP contribution in [0.1, 0.15) is 25.1 Å². The fraction of sp³-hybridized carbons (Fsp3) is 0.250. The molecule has 0 bridgehead atoms. The summed E-state index contributed by atoms with van der Waals surface area (Å²) >= 11 is 0. The van der Waals surface area contributed by atoms with Crippen molar-refractivity contribution in [2.45, 2.75) is 31.8 Å². The highest BCUT2D eigenvalue weighted by molar-refractivity contribution is 7.90. The summed E-state index contributed by atoms with van der Waals surface area (Å²) in [7, 11) is -3.49. The van der Waals surface area contributed by atoms with Crippen LogP contribution >= 0.6 is 0 Å². The molecule has 0 spiro atoms. The van der Waals surface area contributed by atoms with E-state index in [0.29, 0.717) is 11.3 Å². The number of sulfone groups is 1. The summed E-state index contributed by atoms with van der Waals surface area (Å²) < 4.78 is 80.5. The van der Waals surface area contributed by atoms with Crippen LogP contribution in [0.5, 0.6) is 0 Å². The molecule has 6 nitrogen and oxygen atoms in total. The molecule has 0 aliphatic rings. The van der Waals surface area contributed by atoms with Gasteiger partial charge in [0.05, 0.1) is 16.5 Å².